The van der Waals surface area contributed by atoms with E-state index in [1.165, 1.54) is 30.2 Å². The lowest BCUT2D eigenvalue weighted by atomic mass is 10.1. The van der Waals surface area contributed by atoms with E-state index in [1.54, 1.807) is 6.26 Å². The average molecular weight is 449 g/mol. The molecule has 0 radical (unpaired) electrons. The molecule has 0 fully saturated rings. The number of ether oxygens (including phenoxy) is 1. The van der Waals surface area contributed by atoms with Crippen molar-refractivity contribution in [2.75, 3.05) is 18.2 Å². The molecule has 3 aromatic rings. The van der Waals surface area contributed by atoms with E-state index in [1.807, 2.05) is 45.3 Å². The standard InChI is InChI=1S/C20H24N4O4S2/c1-10(2)24-17(14-7-8-28-12(14)4)22-23-20(24)29-9-15(25)21-18-16(19(26)27-6)11(3)13(5)30-18/h7-8,10H,9H2,1-6H3,(H,21,25). The summed E-state index contributed by atoms with van der Waals surface area (Å²) in [6, 6.07) is 1.96. The van der Waals surface area contributed by atoms with Gasteiger partial charge in [0, 0.05) is 10.9 Å². The molecule has 0 saturated carbocycles. The molecule has 3 aromatic heterocycles. The maximum atomic E-state index is 12.6. The van der Waals surface area contributed by atoms with Gasteiger partial charge in [-0.05, 0) is 46.2 Å². The Balaban J connectivity index is 1.76. The summed E-state index contributed by atoms with van der Waals surface area (Å²) in [5, 5.41) is 12.6. The molecule has 3 rings (SSSR count). The second-order valence-electron chi connectivity index (χ2n) is 6.98. The highest BCUT2D eigenvalue weighted by Crippen LogP contribution is 2.34. The van der Waals surface area contributed by atoms with Crippen molar-refractivity contribution < 1.29 is 18.7 Å². The lowest BCUT2D eigenvalue weighted by Gasteiger charge is -2.13. The van der Waals surface area contributed by atoms with Gasteiger partial charge in [0.05, 0.1) is 30.3 Å². The number of carbonyl (C=O) groups excluding carboxylic acids is 2. The largest absolute Gasteiger partial charge is 0.469 e. The van der Waals surface area contributed by atoms with Crippen LogP contribution in [0.3, 0.4) is 0 Å². The Morgan fingerprint density at radius 3 is 2.63 bits per heavy atom. The van der Waals surface area contributed by atoms with Crippen molar-refractivity contribution in [2.45, 2.75) is 45.8 Å². The topological polar surface area (TPSA) is 99.2 Å². The average Bonchev–Trinajstić information content (AvgIpc) is 3.37. The highest BCUT2D eigenvalue weighted by atomic mass is 32.2. The molecule has 3 heterocycles. The number of hydrogen-bond donors (Lipinski definition) is 1. The number of nitrogens with one attached hydrogen (secondary N) is 1. The predicted molar refractivity (Wildman–Crippen MR) is 117 cm³/mol. The van der Waals surface area contributed by atoms with E-state index in [0.717, 1.165) is 21.8 Å². The SMILES string of the molecule is COC(=O)c1c(NC(=O)CSc2nnc(-c3ccoc3C)n2C(C)C)sc(C)c1C. The maximum Gasteiger partial charge on any atom is 0.341 e. The molecule has 0 aromatic carbocycles. The van der Waals surface area contributed by atoms with Crippen molar-refractivity contribution in [2.24, 2.45) is 0 Å². The zero-order valence-electron chi connectivity index (χ0n) is 17.7. The van der Waals surface area contributed by atoms with Gasteiger partial charge in [-0.15, -0.1) is 21.5 Å². The summed E-state index contributed by atoms with van der Waals surface area (Å²) >= 11 is 2.65. The van der Waals surface area contributed by atoms with E-state index in [9.17, 15) is 9.59 Å². The molecular formula is C20H24N4O4S2. The second kappa shape index (κ2) is 9.05. The van der Waals surface area contributed by atoms with Gasteiger partial charge >= 0.3 is 5.97 Å². The van der Waals surface area contributed by atoms with Gasteiger partial charge in [0.15, 0.2) is 11.0 Å². The van der Waals surface area contributed by atoms with Gasteiger partial charge in [-0.2, -0.15) is 0 Å². The normalized spacial score (nSPS) is 11.2. The van der Waals surface area contributed by atoms with Crippen LogP contribution in [0.25, 0.3) is 11.4 Å². The number of rotatable bonds is 7. The predicted octanol–water partition coefficient (Wildman–Crippen LogP) is 4.62. The summed E-state index contributed by atoms with van der Waals surface area (Å²) < 4.78 is 12.2. The fraction of sp³-hybridized carbons (Fsp3) is 0.400. The summed E-state index contributed by atoms with van der Waals surface area (Å²) in [7, 11) is 1.33. The zero-order valence-corrected chi connectivity index (χ0v) is 19.4. The number of amides is 1. The van der Waals surface area contributed by atoms with Crippen LogP contribution in [-0.4, -0.2) is 39.5 Å². The van der Waals surface area contributed by atoms with E-state index in [4.69, 9.17) is 9.15 Å². The van der Waals surface area contributed by atoms with Crippen molar-refractivity contribution in [3.63, 3.8) is 0 Å². The van der Waals surface area contributed by atoms with E-state index < -0.39 is 5.97 Å². The molecule has 30 heavy (non-hydrogen) atoms. The Bertz CT molecular complexity index is 1080. The van der Waals surface area contributed by atoms with Gasteiger partial charge in [0.25, 0.3) is 0 Å². The van der Waals surface area contributed by atoms with Gasteiger partial charge in [0.2, 0.25) is 5.91 Å². The Labute approximate surface area is 183 Å². The Morgan fingerprint density at radius 2 is 2.03 bits per heavy atom. The number of nitrogens with zero attached hydrogens (tertiary/aromatic N) is 3. The van der Waals surface area contributed by atoms with Gasteiger partial charge in [-0.25, -0.2) is 4.79 Å². The molecular weight excluding hydrogens is 424 g/mol. The first kappa shape index (κ1) is 22.1. The summed E-state index contributed by atoms with van der Waals surface area (Å²) in [6.07, 6.45) is 1.62. The van der Waals surface area contributed by atoms with Crippen molar-refractivity contribution >= 4 is 40.0 Å². The van der Waals surface area contributed by atoms with Crippen LogP contribution in [0, 0.1) is 20.8 Å². The number of furan rings is 1. The monoisotopic (exact) mass is 448 g/mol. The number of esters is 1. The summed E-state index contributed by atoms with van der Waals surface area (Å²) in [4.78, 5) is 25.6. The second-order valence-corrected chi connectivity index (χ2v) is 9.14. The first-order valence-electron chi connectivity index (χ1n) is 9.34. The highest BCUT2D eigenvalue weighted by Gasteiger charge is 2.23. The molecule has 0 aliphatic carbocycles. The summed E-state index contributed by atoms with van der Waals surface area (Å²) in [5.74, 6) is 0.908. The number of thiophene rings is 1. The number of anilines is 1. The van der Waals surface area contributed by atoms with Crippen LogP contribution in [0.5, 0.6) is 0 Å². The number of methoxy groups -OCH3 is 1. The molecule has 160 valence electrons. The fourth-order valence-corrected chi connectivity index (χ4v) is 4.93. The third kappa shape index (κ3) is 4.29. The van der Waals surface area contributed by atoms with E-state index in [2.05, 4.69) is 15.5 Å². The van der Waals surface area contributed by atoms with Gasteiger partial charge < -0.3 is 14.5 Å². The van der Waals surface area contributed by atoms with Crippen LogP contribution in [-0.2, 0) is 9.53 Å². The summed E-state index contributed by atoms with van der Waals surface area (Å²) in [6.45, 7) is 9.69. The first-order valence-corrected chi connectivity index (χ1v) is 11.1. The number of carbonyl (C=O) groups is 2. The molecule has 0 atom stereocenters. The zero-order chi connectivity index (χ0) is 22.0. The molecule has 0 spiro atoms. The van der Waals surface area contributed by atoms with E-state index in [0.29, 0.717) is 21.5 Å². The Morgan fingerprint density at radius 1 is 1.30 bits per heavy atom. The van der Waals surface area contributed by atoms with Crippen molar-refractivity contribution in [1.29, 1.82) is 0 Å². The Kier molecular flexibility index (Phi) is 6.67. The third-order valence-corrected chi connectivity index (χ3v) is 6.71. The Hall–Kier alpha value is -2.59. The van der Waals surface area contributed by atoms with Gasteiger partial charge in [0.1, 0.15) is 10.8 Å². The molecule has 0 bridgehead atoms. The fourth-order valence-electron chi connectivity index (χ4n) is 3.00. The number of aromatic nitrogens is 3. The smallest absolute Gasteiger partial charge is 0.341 e. The van der Waals surface area contributed by atoms with Crippen LogP contribution in [0.4, 0.5) is 5.00 Å². The first-order chi connectivity index (χ1) is 14.2. The maximum absolute atomic E-state index is 12.6. The molecule has 0 saturated heterocycles. The third-order valence-electron chi connectivity index (χ3n) is 4.64. The highest BCUT2D eigenvalue weighted by molar-refractivity contribution is 7.99. The van der Waals surface area contributed by atoms with Crippen LogP contribution in [0.2, 0.25) is 0 Å². The van der Waals surface area contributed by atoms with Gasteiger partial charge in [-0.3, -0.25) is 9.36 Å². The van der Waals surface area contributed by atoms with E-state index in [-0.39, 0.29) is 17.7 Å². The lowest BCUT2D eigenvalue weighted by Crippen LogP contribution is -2.16. The van der Waals surface area contributed by atoms with Crippen LogP contribution >= 0.6 is 23.1 Å². The molecule has 0 aliphatic heterocycles. The number of thioether (sulfide) groups is 1. The molecule has 1 amide bonds. The lowest BCUT2D eigenvalue weighted by molar-refractivity contribution is -0.113. The quantitative estimate of drug-likeness (QED) is 0.416. The van der Waals surface area contributed by atoms with Crippen LogP contribution in [0.15, 0.2) is 21.9 Å². The minimum Gasteiger partial charge on any atom is -0.469 e. The molecule has 1 N–H and O–H groups in total. The molecule has 0 unspecified atom stereocenters. The van der Waals surface area contributed by atoms with Crippen molar-refractivity contribution in [3.05, 3.63) is 34.1 Å². The summed E-state index contributed by atoms with van der Waals surface area (Å²) in [5.41, 5.74) is 2.09. The minimum absolute atomic E-state index is 0.100. The van der Waals surface area contributed by atoms with Crippen molar-refractivity contribution in [3.8, 4) is 11.4 Å². The number of aryl methyl sites for hydroxylation is 2. The molecule has 10 heteroatoms. The van der Waals surface area contributed by atoms with Crippen LogP contribution < -0.4 is 5.32 Å². The van der Waals surface area contributed by atoms with E-state index >= 15 is 0 Å². The van der Waals surface area contributed by atoms with Gasteiger partial charge in [-0.1, -0.05) is 11.8 Å². The molecule has 8 nitrogen and oxygen atoms in total. The minimum atomic E-state index is -0.459. The molecule has 0 aliphatic rings. The van der Waals surface area contributed by atoms with Crippen LogP contribution in [0.1, 0.15) is 46.4 Å². The number of hydrogen-bond acceptors (Lipinski definition) is 8. The van der Waals surface area contributed by atoms with Crippen molar-refractivity contribution in [1.82, 2.24) is 14.8 Å².